The Hall–Kier alpha value is -1.43. The molecule has 0 spiro atoms. The molecular formula is C8H12N4O2. The first-order valence-corrected chi connectivity index (χ1v) is 4.61. The molecule has 1 aliphatic rings. The molecule has 1 aromatic heterocycles. The maximum atomic E-state index is 11.7. The van der Waals surface area contributed by atoms with E-state index in [4.69, 9.17) is 0 Å². The first-order chi connectivity index (χ1) is 6.77. The molecule has 1 aromatic rings. The van der Waals surface area contributed by atoms with Crippen molar-refractivity contribution in [2.75, 3.05) is 13.1 Å². The fraction of sp³-hybridized carbons (Fsp3) is 0.625. The molecule has 1 amide bonds. The van der Waals surface area contributed by atoms with Crippen LogP contribution in [0.4, 0.5) is 0 Å². The number of likely N-dealkylation sites (tertiary alicyclic amines) is 1. The van der Waals surface area contributed by atoms with Crippen LogP contribution in [0.1, 0.15) is 23.5 Å². The van der Waals surface area contributed by atoms with Crippen LogP contribution in [0.2, 0.25) is 0 Å². The summed E-state index contributed by atoms with van der Waals surface area (Å²) in [6.07, 6.45) is 2.39. The van der Waals surface area contributed by atoms with Crippen LogP contribution in [0, 0.1) is 0 Å². The second-order valence-corrected chi connectivity index (χ2v) is 3.36. The summed E-state index contributed by atoms with van der Waals surface area (Å²) >= 11 is 0. The Morgan fingerprint density at radius 3 is 2.86 bits per heavy atom. The van der Waals surface area contributed by atoms with Crippen LogP contribution in [0.5, 0.6) is 0 Å². The molecule has 2 heterocycles. The molecule has 2 rings (SSSR count). The van der Waals surface area contributed by atoms with E-state index in [1.54, 1.807) is 4.90 Å². The third kappa shape index (κ3) is 1.74. The van der Waals surface area contributed by atoms with Gasteiger partial charge in [-0.15, -0.1) is 10.2 Å². The predicted octanol–water partition coefficient (Wildman–Crippen LogP) is -0.598. The largest absolute Gasteiger partial charge is 0.393 e. The van der Waals surface area contributed by atoms with Crippen molar-refractivity contribution < 1.29 is 9.90 Å². The van der Waals surface area contributed by atoms with Crippen molar-refractivity contribution in [2.24, 2.45) is 0 Å². The minimum Gasteiger partial charge on any atom is -0.393 e. The SMILES string of the molecule is O=C(c1nnc[nH]1)N1CCC(O)CC1. The number of nitrogens with one attached hydrogen (secondary N) is 1. The van der Waals surface area contributed by atoms with Gasteiger partial charge >= 0.3 is 0 Å². The van der Waals surface area contributed by atoms with E-state index in [9.17, 15) is 9.90 Å². The van der Waals surface area contributed by atoms with Gasteiger partial charge in [-0.1, -0.05) is 0 Å². The molecule has 1 fully saturated rings. The Balaban J connectivity index is 1.99. The number of amides is 1. The zero-order chi connectivity index (χ0) is 9.97. The fourth-order valence-corrected chi connectivity index (χ4v) is 1.53. The second kappa shape index (κ2) is 3.75. The van der Waals surface area contributed by atoms with Gasteiger partial charge in [-0.3, -0.25) is 4.79 Å². The van der Waals surface area contributed by atoms with Crippen LogP contribution in [0.3, 0.4) is 0 Å². The van der Waals surface area contributed by atoms with Crippen LogP contribution < -0.4 is 0 Å². The highest BCUT2D eigenvalue weighted by atomic mass is 16.3. The average molecular weight is 196 g/mol. The number of H-pyrrole nitrogens is 1. The van der Waals surface area contributed by atoms with Gasteiger partial charge in [0.05, 0.1) is 6.10 Å². The molecule has 0 aliphatic carbocycles. The van der Waals surface area contributed by atoms with E-state index in [1.165, 1.54) is 6.33 Å². The zero-order valence-electron chi connectivity index (χ0n) is 7.68. The van der Waals surface area contributed by atoms with E-state index >= 15 is 0 Å². The van der Waals surface area contributed by atoms with Gasteiger partial charge in [0.15, 0.2) is 0 Å². The molecule has 0 radical (unpaired) electrons. The van der Waals surface area contributed by atoms with Gasteiger partial charge in [-0.25, -0.2) is 0 Å². The van der Waals surface area contributed by atoms with Gasteiger partial charge < -0.3 is 15.0 Å². The van der Waals surface area contributed by atoms with Crippen molar-refractivity contribution in [1.82, 2.24) is 20.1 Å². The van der Waals surface area contributed by atoms with Gasteiger partial charge in [0, 0.05) is 13.1 Å². The second-order valence-electron chi connectivity index (χ2n) is 3.36. The Labute approximate surface area is 80.9 Å². The molecule has 0 aromatic carbocycles. The minimum atomic E-state index is -0.270. The molecule has 1 saturated heterocycles. The van der Waals surface area contributed by atoms with E-state index in [0.717, 1.165) is 0 Å². The number of nitrogens with zero attached hydrogens (tertiary/aromatic N) is 3. The number of rotatable bonds is 1. The summed E-state index contributed by atoms with van der Waals surface area (Å²) in [6, 6.07) is 0. The van der Waals surface area contributed by atoms with Crippen LogP contribution in [-0.2, 0) is 0 Å². The van der Waals surface area contributed by atoms with Gasteiger partial charge in [0.25, 0.3) is 5.91 Å². The predicted molar refractivity (Wildman–Crippen MR) is 47.5 cm³/mol. The topological polar surface area (TPSA) is 82.1 Å². The number of aliphatic hydroxyl groups excluding tert-OH is 1. The monoisotopic (exact) mass is 196 g/mol. The third-order valence-corrected chi connectivity index (χ3v) is 2.37. The molecule has 6 nitrogen and oxygen atoms in total. The lowest BCUT2D eigenvalue weighted by atomic mass is 10.1. The van der Waals surface area contributed by atoms with E-state index in [1.807, 2.05) is 0 Å². The quantitative estimate of drug-likeness (QED) is 0.628. The van der Waals surface area contributed by atoms with E-state index in [-0.39, 0.29) is 17.8 Å². The lowest BCUT2D eigenvalue weighted by Crippen LogP contribution is -2.40. The highest BCUT2D eigenvalue weighted by Crippen LogP contribution is 2.11. The number of carbonyl (C=O) groups is 1. The lowest BCUT2D eigenvalue weighted by molar-refractivity contribution is 0.0536. The van der Waals surface area contributed by atoms with E-state index in [2.05, 4.69) is 15.2 Å². The summed E-state index contributed by atoms with van der Waals surface area (Å²) in [5.74, 6) is 0.121. The molecule has 1 aliphatic heterocycles. The number of aliphatic hydroxyl groups is 1. The number of hydrogen-bond acceptors (Lipinski definition) is 4. The Morgan fingerprint density at radius 1 is 1.57 bits per heavy atom. The summed E-state index contributed by atoms with van der Waals surface area (Å²) in [5, 5.41) is 16.5. The summed E-state index contributed by atoms with van der Waals surface area (Å²) in [4.78, 5) is 16.0. The number of aromatic nitrogens is 3. The lowest BCUT2D eigenvalue weighted by Gasteiger charge is -2.28. The maximum Gasteiger partial charge on any atom is 0.291 e. The Kier molecular flexibility index (Phi) is 2.45. The zero-order valence-corrected chi connectivity index (χ0v) is 7.68. The Bertz CT molecular complexity index is 303. The molecule has 0 unspecified atom stereocenters. The Morgan fingerprint density at radius 2 is 2.29 bits per heavy atom. The first kappa shape index (κ1) is 9.14. The van der Waals surface area contributed by atoms with Crippen molar-refractivity contribution in [3.05, 3.63) is 12.2 Å². The number of carbonyl (C=O) groups excluding carboxylic acids is 1. The van der Waals surface area contributed by atoms with Crippen molar-refractivity contribution in [3.63, 3.8) is 0 Å². The molecule has 2 N–H and O–H groups in total. The molecule has 0 atom stereocenters. The standard InChI is InChI=1S/C8H12N4O2/c13-6-1-3-12(4-2-6)8(14)7-9-5-10-11-7/h5-6,13H,1-4H2,(H,9,10,11). The molecular weight excluding hydrogens is 184 g/mol. The highest BCUT2D eigenvalue weighted by Gasteiger charge is 2.23. The maximum absolute atomic E-state index is 11.7. The number of hydrogen-bond donors (Lipinski definition) is 2. The van der Waals surface area contributed by atoms with Crippen molar-refractivity contribution in [2.45, 2.75) is 18.9 Å². The van der Waals surface area contributed by atoms with Gasteiger partial charge in [0.1, 0.15) is 6.33 Å². The van der Waals surface area contributed by atoms with Crippen LogP contribution >= 0.6 is 0 Å². The average Bonchev–Trinajstić information content (AvgIpc) is 2.71. The van der Waals surface area contributed by atoms with Gasteiger partial charge in [0.2, 0.25) is 5.82 Å². The summed E-state index contributed by atoms with van der Waals surface area (Å²) in [5.41, 5.74) is 0. The highest BCUT2D eigenvalue weighted by molar-refractivity contribution is 5.90. The molecule has 76 valence electrons. The smallest absolute Gasteiger partial charge is 0.291 e. The van der Waals surface area contributed by atoms with E-state index in [0.29, 0.717) is 25.9 Å². The number of aromatic amines is 1. The van der Waals surface area contributed by atoms with Gasteiger partial charge in [-0.05, 0) is 12.8 Å². The molecule has 0 saturated carbocycles. The molecule has 6 heteroatoms. The molecule has 14 heavy (non-hydrogen) atoms. The summed E-state index contributed by atoms with van der Waals surface area (Å²) in [7, 11) is 0. The van der Waals surface area contributed by atoms with Crippen LogP contribution in [0.25, 0.3) is 0 Å². The third-order valence-electron chi connectivity index (χ3n) is 2.37. The fourth-order valence-electron chi connectivity index (χ4n) is 1.53. The van der Waals surface area contributed by atoms with Crippen molar-refractivity contribution in [3.8, 4) is 0 Å². The van der Waals surface area contributed by atoms with E-state index < -0.39 is 0 Å². The van der Waals surface area contributed by atoms with Crippen LogP contribution in [-0.4, -0.2) is 50.3 Å². The minimum absolute atomic E-state index is 0.144. The first-order valence-electron chi connectivity index (χ1n) is 4.61. The van der Waals surface area contributed by atoms with Crippen molar-refractivity contribution >= 4 is 5.91 Å². The summed E-state index contributed by atoms with van der Waals surface area (Å²) < 4.78 is 0. The van der Waals surface area contributed by atoms with Gasteiger partial charge in [-0.2, -0.15) is 0 Å². The molecule has 0 bridgehead atoms. The number of piperidine rings is 1. The summed E-state index contributed by atoms with van der Waals surface area (Å²) in [6.45, 7) is 1.17. The normalized spacial score (nSPS) is 18.5. The van der Waals surface area contributed by atoms with Crippen LogP contribution in [0.15, 0.2) is 6.33 Å². The van der Waals surface area contributed by atoms with Crippen molar-refractivity contribution in [1.29, 1.82) is 0 Å².